The van der Waals surface area contributed by atoms with Crippen LogP contribution in [0.3, 0.4) is 0 Å². The van der Waals surface area contributed by atoms with Gasteiger partial charge in [0.05, 0.1) is 24.7 Å². The third-order valence-electron chi connectivity index (χ3n) is 3.83. The van der Waals surface area contributed by atoms with Gasteiger partial charge in [0.1, 0.15) is 11.5 Å². The van der Waals surface area contributed by atoms with Crippen molar-refractivity contribution in [3.63, 3.8) is 0 Å². The van der Waals surface area contributed by atoms with Gasteiger partial charge in [0.25, 0.3) is 5.91 Å². The Morgan fingerprint density at radius 2 is 2.35 bits per heavy atom. The Balaban J connectivity index is 1.61. The first-order valence-corrected chi connectivity index (χ1v) is 7.54. The number of β-amino-alcohol motifs (C(OH)–C–C–N with tert-alkyl or cyclic N) is 1. The lowest BCUT2D eigenvalue weighted by atomic mass is 10.2. The second-order valence-corrected chi connectivity index (χ2v) is 5.98. The molecule has 1 aliphatic heterocycles. The number of halogens is 2. The maximum atomic E-state index is 13.8. The van der Waals surface area contributed by atoms with E-state index >= 15 is 0 Å². The number of carbonyl (C=O) groups is 1. The zero-order valence-electron chi connectivity index (χ0n) is 12.2. The first-order chi connectivity index (χ1) is 11.0. The Morgan fingerprint density at radius 1 is 1.52 bits per heavy atom. The van der Waals surface area contributed by atoms with Gasteiger partial charge in [-0.3, -0.25) is 9.69 Å². The summed E-state index contributed by atoms with van der Waals surface area (Å²) in [4.78, 5) is 20.4. The van der Waals surface area contributed by atoms with Crippen molar-refractivity contribution >= 4 is 17.5 Å². The van der Waals surface area contributed by atoms with E-state index in [0.29, 0.717) is 35.9 Å². The molecular formula is C15H16ClFN4O2. The number of nitrogens with one attached hydrogen (secondary N) is 2. The van der Waals surface area contributed by atoms with Gasteiger partial charge >= 0.3 is 0 Å². The number of benzene rings is 1. The van der Waals surface area contributed by atoms with Crippen LogP contribution in [0.2, 0.25) is 5.02 Å². The van der Waals surface area contributed by atoms with Crippen LogP contribution in [0.15, 0.2) is 30.7 Å². The number of nitrogens with zero attached hydrogens (tertiary/aromatic N) is 2. The van der Waals surface area contributed by atoms with Crippen molar-refractivity contribution in [1.29, 1.82) is 0 Å². The van der Waals surface area contributed by atoms with Crippen molar-refractivity contribution < 1.29 is 14.3 Å². The highest BCUT2D eigenvalue weighted by atomic mass is 35.5. The number of carbonyl (C=O) groups excluding carboxylic acids is 1. The summed E-state index contributed by atoms with van der Waals surface area (Å²) in [6.45, 7) is 1.13. The van der Waals surface area contributed by atoms with Crippen LogP contribution in [0.5, 0.6) is 0 Å². The van der Waals surface area contributed by atoms with E-state index in [-0.39, 0.29) is 11.7 Å². The van der Waals surface area contributed by atoms with E-state index in [1.54, 1.807) is 12.1 Å². The fourth-order valence-corrected chi connectivity index (χ4v) is 2.81. The molecule has 1 saturated heterocycles. The van der Waals surface area contributed by atoms with E-state index in [2.05, 4.69) is 15.3 Å². The summed E-state index contributed by atoms with van der Waals surface area (Å²) < 4.78 is 13.8. The molecule has 0 spiro atoms. The summed E-state index contributed by atoms with van der Waals surface area (Å²) in [5.41, 5.74) is 0.835. The summed E-state index contributed by atoms with van der Waals surface area (Å²) in [7, 11) is 0. The van der Waals surface area contributed by atoms with E-state index < -0.39 is 12.1 Å². The Kier molecular flexibility index (Phi) is 4.61. The molecular weight excluding hydrogens is 323 g/mol. The summed E-state index contributed by atoms with van der Waals surface area (Å²) in [5.74, 6) is -0.706. The summed E-state index contributed by atoms with van der Waals surface area (Å²) >= 11 is 5.74. The number of aromatic amines is 1. The topological polar surface area (TPSA) is 81.2 Å². The van der Waals surface area contributed by atoms with Gasteiger partial charge in [-0.15, -0.1) is 0 Å². The molecule has 1 amide bonds. The zero-order valence-corrected chi connectivity index (χ0v) is 12.9. The van der Waals surface area contributed by atoms with Crippen LogP contribution in [0.1, 0.15) is 16.1 Å². The van der Waals surface area contributed by atoms with Crippen molar-refractivity contribution in [2.24, 2.45) is 0 Å². The Hall–Kier alpha value is -1.96. The number of hydrogen-bond donors (Lipinski definition) is 3. The highest BCUT2D eigenvalue weighted by molar-refractivity contribution is 6.30. The normalized spacial score (nSPS) is 21.5. The molecule has 1 aliphatic rings. The van der Waals surface area contributed by atoms with Gasteiger partial charge in [-0.25, -0.2) is 9.37 Å². The average molecular weight is 339 g/mol. The molecule has 0 unspecified atom stereocenters. The average Bonchev–Trinajstić information content (AvgIpc) is 3.13. The number of hydrogen-bond acceptors (Lipinski definition) is 4. The number of aliphatic hydroxyl groups excluding tert-OH is 1. The van der Waals surface area contributed by atoms with Gasteiger partial charge in [0.15, 0.2) is 0 Å². The fourth-order valence-electron chi connectivity index (χ4n) is 2.65. The maximum Gasteiger partial charge on any atom is 0.269 e. The van der Waals surface area contributed by atoms with Gasteiger partial charge in [-0.05, 0) is 12.1 Å². The van der Waals surface area contributed by atoms with Crippen LogP contribution in [-0.2, 0) is 6.54 Å². The van der Waals surface area contributed by atoms with Crippen LogP contribution >= 0.6 is 11.6 Å². The van der Waals surface area contributed by atoms with Gasteiger partial charge < -0.3 is 15.4 Å². The molecule has 3 N–H and O–H groups in total. The lowest BCUT2D eigenvalue weighted by Crippen LogP contribution is -2.42. The van der Waals surface area contributed by atoms with Crippen molar-refractivity contribution in [3.8, 4) is 0 Å². The monoisotopic (exact) mass is 338 g/mol. The highest BCUT2D eigenvalue weighted by Crippen LogP contribution is 2.19. The number of imidazole rings is 1. The smallest absolute Gasteiger partial charge is 0.269 e. The number of aliphatic hydroxyl groups is 1. The van der Waals surface area contributed by atoms with Crippen molar-refractivity contribution in [2.45, 2.75) is 18.7 Å². The molecule has 2 heterocycles. The number of likely N-dealkylation sites (tertiary alicyclic amines) is 1. The number of aromatic nitrogens is 2. The molecule has 1 aromatic carbocycles. The van der Waals surface area contributed by atoms with Crippen LogP contribution in [0, 0.1) is 5.82 Å². The molecule has 0 bridgehead atoms. The maximum absolute atomic E-state index is 13.8. The van der Waals surface area contributed by atoms with Gasteiger partial charge in [-0.2, -0.15) is 0 Å². The lowest BCUT2D eigenvalue weighted by molar-refractivity contribution is 0.0884. The predicted molar refractivity (Wildman–Crippen MR) is 82.5 cm³/mol. The molecule has 1 aromatic heterocycles. The Bertz CT molecular complexity index is 695. The van der Waals surface area contributed by atoms with E-state index in [4.69, 9.17) is 11.6 Å². The lowest BCUT2D eigenvalue weighted by Gasteiger charge is -2.16. The van der Waals surface area contributed by atoms with E-state index in [9.17, 15) is 14.3 Å². The zero-order chi connectivity index (χ0) is 16.4. The number of rotatable bonds is 4. The van der Waals surface area contributed by atoms with Gasteiger partial charge in [0.2, 0.25) is 0 Å². The molecule has 23 heavy (non-hydrogen) atoms. The molecule has 1 fully saturated rings. The van der Waals surface area contributed by atoms with Crippen LogP contribution in [0.4, 0.5) is 4.39 Å². The van der Waals surface area contributed by atoms with Crippen molar-refractivity contribution in [3.05, 3.63) is 52.8 Å². The van der Waals surface area contributed by atoms with E-state index in [1.165, 1.54) is 18.6 Å². The molecule has 2 atom stereocenters. The fraction of sp³-hybridized carbons (Fsp3) is 0.333. The van der Waals surface area contributed by atoms with Crippen LogP contribution in [0.25, 0.3) is 0 Å². The molecule has 122 valence electrons. The first kappa shape index (κ1) is 15.9. The summed E-state index contributed by atoms with van der Waals surface area (Å²) in [5, 5.41) is 13.2. The minimum atomic E-state index is -0.711. The standard InChI is InChI=1S/C15H16ClFN4O2/c16-10-2-1-9(11(17)3-10)5-21-6-13(14(22)7-21)20-15(23)12-4-18-8-19-12/h1-4,8,13-14,22H,5-7H2,(H,18,19)(H,20,23)/t13-,14-/m1/s1. The third-order valence-corrected chi connectivity index (χ3v) is 4.07. The largest absolute Gasteiger partial charge is 0.390 e. The predicted octanol–water partition coefficient (Wildman–Crippen LogP) is 1.18. The second kappa shape index (κ2) is 6.66. The Labute approximate surface area is 137 Å². The third kappa shape index (κ3) is 3.69. The van der Waals surface area contributed by atoms with Gasteiger partial charge in [-0.1, -0.05) is 17.7 Å². The number of amides is 1. The van der Waals surface area contributed by atoms with Crippen LogP contribution in [-0.4, -0.2) is 51.1 Å². The van der Waals surface area contributed by atoms with Crippen molar-refractivity contribution in [2.75, 3.05) is 13.1 Å². The molecule has 0 saturated carbocycles. The molecule has 0 aliphatic carbocycles. The van der Waals surface area contributed by atoms with Gasteiger partial charge in [0, 0.05) is 30.2 Å². The second-order valence-electron chi connectivity index (χ2n) is 5.54. The Morgan fingerprint density at radius 3 is 3.04 bits per heavy atom. The highest BCUT2D eigenvalue weighted by Gasteiger charge is 2.33. The van der Waals surface area contributed by atoms with E-state index in [0.717, 1.165) is 0 Å². The van der Waals surface area contributed by atoms with Crippen LogP contribution < -0.4 is 5.32 Å². The molecule has 2 aromatic rings. The quantitative estimate of drug-likeness (QED) is 0.782. The first-order valence-electron chi connectivity index (χ1n) is 7.16. The molecule has 6 nitrogen and oxygen atoms in total. The SMILES string of the molecule is O=C(N[C@@H]1CN(Cc2ccc(Cl)cc2F)C[C@H]1O)c1cnc[nH]1. The summed E-state index contributed by atoms with van der Waals surface area (Å²) in [6.07, 6.45) is 2.12. The number of H-pyrrole nitrogens is 1. The molecule has 0 radical (unpaired) electrons. The molecule has 8 heteroatoms. The van der Waals surface area contributed by atoms with E-state index in [1.807, 2.05) is 4.90 Å². The minimum Gasteiger partial charge on any atom is -0.390 e. The minimum absolute atomic E-state index is 0.328. The molecule has 3 rings (SSSR count). The summed E-state index contributed by atoms with van der Waals surface area (Å²) in [6, 6.07) is 4.10. The van der Waals surface area contributed by atoms with Crippen molar-refractivity contribution in [1.82, 2.24) is 20.2 Å².